The van der Waals surface area contributed by atoms with E-state index in [9.17, 15) is 19.2 Å². The molecule has 0 aliphatic carbocycles. The molecule has 0 saturated heterocycles. The highest BCUT2D eigenvalue weighted by Crippen LogP contribution is 2.25. The van der Waals surface area contributed by atoms with Gasteiger partial charge >= 0.3 is 5.97 Å². The molecule has 0 atom stereocenters. The van der Waals surface area contributed by atoms with Gasteiger partial charge in [-0.1, -0.05) is 41.4 Å². The van der Waals surface area contributed by atoms with Crippen LogP contribution in [0.5, 0.6) is 0 Å². The summed E-state index contributed by atoms with van der Waals surface area (Å²) in [5.74, 6) is -2.10. The largest absolute Gasteiger partial charge is 0.456 e. The quantitative estimate of drug-likeness (QED) is 0.421. The van der Waals surface area contributed by atoms with E-state index in [0.717, 1.165) is 0 Å². The van der Waals surface area contributed by atoms with Gasteiger partial charge in [0.05, 0.1) is 10.7 Å². The van der Waals surface area contributed by atoms with Crippen molar-refractivity contribution in [3.63, 3.8) is 0 Å². The van der Waals surface area contributed by atoms with Gasteiger partial charge < -0.3 is 10.1 Å². The van der Waals surface area contributed by atoms with Crippen LogP contribution < -0.4 is 16.2 Å². The Morgan fingerprint density at radius 1 is 0.867 bits per heavy atom. The summed E-state index contributed by atoms with van der Waals surface area (Å²) in [6.45, 7) is -0.489. The topological polar surface area (TPSA) is 114 Å². The Bertz CT molecular complexity index is 922. The smallest absolute Gasteiger partial charge is 0.306 e. The van der Waals surface area contributed by atoms with Crippen molar-refractivity contribution >= 4 is 52.6 Å². The molecule has 30 heavy (non-hydrogen) atoms. The van der Waals surface area contributed by atoms with Crippen LogP contribution in [0.25, 0.3) is 0 Å². The third-order valence-corrected chi connectivity index (χ3v) is 4.25. The van der Waals surface area contributed by atoms with Crippen molar-refractivity contribution in [1.29, 1.82) is 0 Å². The van der Waals surface area contributed by atoms with Crippen molar-refractivity contribution in [2.45, 2.75) is 19.3 Å². The Labute approximate surface area is 182 Å². The molecule has 8 nitrogen and oxygen atoms in total. The first kappa shape index (κ1) is 23.2. The van der Waals surface area contributed by atoms with Gasteiger partial charge in [0.25, 0.3) is 11.8 Å². The summed E-state index contributed by atoms with van der Waals surface area (Å²) in [5, 5.41) is 3.18. The number of hydrogen-bond donors (Lipinski definition) is 3. The first-order chi connectivity index (χ1) is 14.3. The first-order valence-corrected chi connectivity index (χ1v) is 9.65. The Morgan fingerprint density at radius 2 is 1.60 bits per heavy atom. The Kier molecular flexibility index (Phi) is 9.11. The molecule has 0 radical (unpaired) electrons. The summed E-state index contributed by atoms with van der Waals surface area (Å²) in [6, 6.07) is 12.9. The van der Waals surface area contributed by atoms with Crippen LogP contribution in [-0.4, -0.2) is 30.3 Å². The molecular weight excluding hydrogens is 433 g/mol. The maximum atomic E-state index is 11.8. The number of carbonyl (C=O) groups is 4. The lowest BCUT2D eigenvalue weighted by molar-refractivity contribution is -0.147. The molecule has 2 rings (SSSR count). The van der Waals surface area contributed by atoms with Crippen molar-refractivity contribution < 1.29 is 23.9 Å². The lowest BCUT2D eigenvalue weighted by Gasteiger charge is -2.09. The lowest BCUT2D eigenvalue weighted by Crippen LogP contribution is -2.41. The third-order valence-electron chi connectivity index (χ3n) is 3.71. The van der Waals surface area contributed by atoms with E-state index in [1.54, 1.807) is 36.4 Å². The van der Waals surface area contributed by atoms with E-state index in [-0.39, 0.29) is 24.3 Å². The molecule has 2 aromatic carbocycles. The van der Waals surface area contributed by atoms with Crippen molar-refractivity contribution in [1.82, 2.24) is 10.9 Å². The summed E-state index contributed by atoms with van der Waals surface area (Å²) in [7, 11) is 0. The van der Waals surface area contributed by atoms with Gasteiger partial charge in [0.15, 0.2) is 6.61 Å². The van der Waals surface area contributed by atoms with E-state index < -0.39 is 30.3 Å². The first-order valence-electron chi connectivity index (χ1n) is 8.90. The van der Waals surface area contributed by atoms with E-state index in [1.165, 1.54) is 12.1 Å². The zero-order chi connectivity index (χ0) is 21.9. The molecule has 3 amide bonds. The normalized spacial score (nSPS) is 10.1. The monoisotopic (exact) mass is 451 g/mol. The highest BCUT2D eigenvalue weighted by atomic mass is 35.5. The third kappa shape index (κ3) is 8.10. The van der Waals surface area contributed by atoms with Gasteiger partial charge in [-0.05, 0) is 36.8 Å². The number of nitrogens with one attached hydrogen (secondary N) is 3. The van der Waals surface area contributed by atoms with Crippen LogP contribution in [0, 0.1) is 0 Å². The number of anilines is 1. The molecule has 3 N–H and O–H groups in total. The van der Waals surface area contributed by atoms with Gasteiger partial charge in [-0.25, -0.2) is 0 Å². The van der Waals surface area contributed by atoms with E-state index >= 15 is 0 Å². The second-order valence-corrected chi connectivity index (χ2v) is 6.90. The van der Waals surface area contributed by atoms with Gasteiger partial charge in [0, 0.05) is 23.4 Å². The van der Waals surface area contributed by atoms with E-state index in [4.69, 9.17) is 27.9 Å². The van der Waals surface area contributed by atoms with Crippen molar-refractivity contribution in [2.75, 3.05) is 11.9 Å². The van der Waals surface area contributed by atoms with Crippen LogP contribution in [0.2, 0.25) is 10.0 Å². The van der Waals surface area contributed by atoms with Crippen LogP contribution in [0.3, 0.4) is 0 Å². The van der Waals surface area contributed by atoms with Crippen LogP contribution in [0.15, 0.2) is 48.5 Å². The number of hydrazine groups is 1. The van der Waals surface area contributed by atoms with Crippen LogP contribution in [-0.2, 0) is 19.1 Å². The Balaban J connectivity index is 1.60. The summed E-state index contributed by atoms with van der Waals surface area (Å²) in [5.41, 5.74) is 5.29. The fourth-order valence-corrected chi connectivity index (χ4v) is 2.70. The molecule has 0 fully saturated rings. The van der Waals surface area contributed by atoms with E-state index in [2.05, 4.69) is 16.2 Å². The minimum atomic E-state index is -0.631. The summed E-state index contributed by atoms with van der Waals surface area (Å²) >= 11 is 11.7. The molecule has 0 unspecified atom stereocenters. The number of hydrogen-bond acceptors (Lipinski definition) is 5. The molecule has 0 aliphatic heterocycles. The maximum absolute atomic E-state index is 11.8. The molecule has 158 valence electrons. The van der Waals surface area contributed by atoms with E-state index in [0.29, 0.717) is 16.3 Å². The number of rotatable bonds is 8. The summed E-state index contributed by atoms with van der Waals surface area (Å²) in [6.07, 6.45) is 0.127. The number of amides is 3. The fourth-order valence-electron chi connectivity index (χ4n) is 2.24. The Hall–Kier alpha value is -3.10. The average molecular weight is 452 g/mol. The predicted octanol–water partition coefficient (Wildman–Crippen LogP) is 3.11. The summed E-state index contributed by atoms with van der Waals surface area (Å²) < 4.78 is 4.86. The molecule has 2 aromatic rings. The average Bonchev–Trinajstić information content (AvgIpc) is 2.73. The molecule has 0 spiro atoms. The molecule has 0 aromatic heterocycles. The zero-order valence-corrected chi connectivity index (χ0v) is 17.3. The van der Waals surface area contributed by atoms with Gasteiger partial charge in [-0.15, -0.1) is 0 Å². The molecular formula is C20H19Cl2N3O5. The van der Waals surface area contributed by atoms with Crippen molar-refractivity contribution in [3.8, 4) is 0 Å². The molecule has 0 saturated carbocycles. The molecule has 0 aliphatic rings. The highest BCUT2D eigenvalue weighted by Gasteiger charge is 2.11. The molecule has 0 bridgehead atoms. The van der Waals surface area contributed by atoms with Gasteiger partial charge in [-0.3, -0.25) is 30.0 Å². The molecule has 10 heteroatoms. The van der Waals surface area contributed by atoms with Crippen LogP contribution in [0.1, 0.15) is 29.6 Å². The number of carbonyl (C=O) groups excluding carboxylic acids is 4. The lowest BCUT2D eigenvalue weighted by atomic mass is 10.2. The zero-order valence-electron chi connectivity index (χ0n) is 15.7. The SMILES string of the molecule is O=C(CCCC(=O)OCC(=O)Nc1ccc(Cl)cc1Cl)NNC(=O)c1ccccc1. The summed E-state index contributed by atoms with van der Waals surface area (Å²) in [4.78, 5) is 47.0. The number of benzene rings is 2. The van der Waals surface area contributed by atoms with Crippen LogP contribution in [0.4, 0.5) is 5.69 Å². The van der Waals surface area contributed by atoms with Gasteiger partial charge in [-0.2, -0.15) is 0 Å². The minimum Gasteiger partial charge on any atom is -0.456 e. The number of halogens is 2. The van der Waals surface area contributed by atoms with E-state index in [1.807, 2.05) is 0 Å². The van der Waals surface area contributed by atoms with Crippen molar-refractivity contribution in [2.24, 2.45) is 0 Å². The standard InChI is InChI=1S/C20H19Cl2N3O5/c21-14-9-10-16(15(22)11-14)23-18(27)12-30-19(28)8-4-7-17(26)24-25-20(29)13-5-2-1-3-6-13/h1-3,5-6,9-11H,4,7-8,12H2,(H,23,27)(H,24,26)(H,25,29). The van der Waals surface area contributed by atoms with Crippen molar-refractivity contribution in [3.05, 3.63) is 64.1 Å². The highest BCUT2D eigenvalue weighted by molar-refractivity contribution is 6.36. The molecule has 0 heterocycles. The number of ether oxygens (including phenoxy) is 1. The second kappa shape index (κ2) is 11.8. The second-order valence-electron chi connectivity index (χ2n) is 6.05. The minimum absolute atomic E-state index is 0.00323. The predicted molar refractivity (Wildman–Crippen MR) is 112 cm³/mol. The maximum Gasteiger partial charge on any atom is 0.306 e. The van der Waals surface area contributed by atoms with Gasteiger partial charge in [0.1, 0.15) is 0 Å². The Morgan fingerprint density at radius 3 is 2.30 bits per heavy atom. The number of esters is 1. The fraction of sp³-hybridized carbons (Fsp3) is 0.200. The van der Waals surface area contributed by atoms with Crippen LogP contribution >= 0.6 is 23.2 Å². The van der Waals surface area contributed by atoms with Gasteiger partial charge in [0.2, 0.25) is 5.91 Å².